The number of hydrogen-bond donors (Lipinski definition) is 2. The minimum atomic E-state index is -0.872. The number of carbonyl (C=O) groups is 1. The van der Waals surface area contributed by atoms with Crippen LogP contribution in [0, 0.1) is 25.6 Å². The average molecular weight is 547 g/mol. The fourth-order valence-corrected chi connectivity index (χ4v) is 4.89. The second-order valence-electron chi connectivity index (χ2n) is 10.4. The summed E-state index contributed by atoms with van der Waals surface area (Å²) in [6.07, 6.45) is 10.7. The van der Waals surface area contributed by atoms with Gasteiger partial charge in [-0.2, -0.15) is 4.52 Å². The largest absolute Gasteiger partial charge is 0.385 e. The SMILES string of the molecule is C#C.CCC(O)(CC)c1ccc(C(=O)N(C)[C@@H](C)CCC(C)c2nc3c4cc(F)cc(C)c4nc(N)n3n2)cc1. The van der Waals surface area contributed by atoms with Crippen molar-refractivity contribution in [3.05, 3.63) is 64.7 Å². The Kier molecular flexibility index (Phi) is 9.48. The van der Waals surface area contributed by atoms with Crippen LogP contribution >= 0.6 is 0 Å². The lowest BCUT2D eigenvalue weighted by Crippen LogP contribution is -2.35. The van der Waals surface area contributed by atoms with Gasteiger partial charge in [0.2, 0.25) is 5.95 Å². The van der Waals surface area contributed by atoms with Crippen molar-refractivity contribution in [3.63, 3.8) is 0 Å². The highest BCUT2D eigenvalue weighted by Crippen LogP contribution is 2.29. The Morgan fingerprint density at radius 3 is 2.35 bits per heavy atom. The first-order valence-electron chi connectivity index (χ1n) is 13.5. The van der Waals surface area contributed by atoms with Gasteiger partial charge in [0.05, 0.1) is 11.1 Å². The number of anilines is 1. The number of terminal acetylenes is 1. The summed E-state index contributed by atoms with van der Waals surface area (Å²) >= 11 is 0. The first kappa shape index (κ1) is 30.5. The Hall–Kier alpha value is -4.03. The summed E-state index contributed by atoms with van der Waals surface area (Å²) in [6, 6.07) is 10.1. The van der Waals surface area contributed by atoms with Crippen molar-refractivity contribution in [1.82, 2.24) is 24.5 Å². The number of aromatic nitrogens is 4. The molecule has 4 rings (SSSR count). The third-order valence-corrected chi connectivity index (χ3v) is 7.85. The number of fused-ring (bicyclic) bond motifs is 3. The highest BCUT2D eigenvalue weighted by atomic mass is 19.1. The van der Waals surface area contributed by atoms with Gasteiger partial charge in [-0.1, -0.05) is 32.9 Å². The minimum Gasteiger partial charge on any atom is -0.385 e. The van der Waals surface area contributed by atoms with Crippen molar-refractivity contribution >= 4 is 28.4 Å². The van der Waals surface area contributed by atoms with Crippen LogP contribution in [0.15, 0.2) is 36.4 Å². The molecular formula is C31H39FN6O2. The van der Waals surface area contributed by atoms with Crippen LogP contribution in [0.25, 0.3) is 16.6 Å². The number of nitrogen functional groups attached to an aromatic ring is 1. The highest BCUT2D eigenvalue weighted by molar-refractivity contribution is 5.94. The Bertz CT molecular complexity index is 1510. The zero-order valence-corrected chi connectivity index (χ0v) is 24.1. The number of amides is 1. The van der Waals surface area contributed by atoms with Crippen LogP contribution in [0.5, 0.6) is 0 Å². The Balaban J connectivity index is 0.00000216. The number of carbonyl (C=O) groups excluding carboxylic acids is 1. The standard InChI is InChI=1S/C29H37FN6O2.C2H2/c1-7-29(38,8-2)21-13-11-20(12-14-21)27(37)35(6)19(5)10-9-17(3)25-33-26-23-16-22(30)15-18(4)24(23)32-28(31)36(26)34-25;1-2/h11-17,19,38H,7-10H2,1-6H3,(H2,31,32);1-2H/t17?,19-;/m0./s1. The van der Waals surface area contributed by atoms with Gasteiger partial charge < -0.3 is 15.7 Å². The van der Waals surface area contributed by atoms with Crippen molar-refractivity contribution in [2.75, 3.05) is 12.8 Å². The normalized spacial score (nSPS) is 13.1. The summed E-state index contributed by atoms with van der Waals surface area (Å²) in [6.45, 7) is 9.75. The average Bonchev–Trinajstić information content (AvgIpc) is 3.43. The molecule has 8 nitrogen and oxygen atoms in total. The van der Waals surface area contributed by atoms with Crippen LogP contribution in [0.1, 0.15) is 86.6 Å². The second kappa shape index (κ2) is 12.4. The molecule has 1 amide bonds. The fraction of sp³-hybridized carbons (Fsp3) is 0.419. The predicted octanol–water partition coefficient (Wildman–Crippen LogP) is 5.61. The maximum Gasteiger partial charge on any atom is 0.253 e. The van der Waals surface area contributed by atoms with Gasteiger partial charge in [0.25, 0.3) is 5.91 Å². The third kappa shape index (κ3) is 5.92. The molecule has 0 aliphatic heterocycles. The maximum absolute atomic E-state index is 14.1. The van der Waals surface area contributed by atoms with Gasteiger partial charge in [-0.25, -0.2) is 14.4 Å². The third-order valence-electron chi connectivity index (χ3n) is 7.85. The van der Waals surface area contributed by atoms with Crippen molar-refractivity contribution in [1.29, 1.82) is 0 Å². The lowest BCUT2D eigenvalue weighted by atomic mass is 9.88. The van der Waals surface area contributed by atoms with E-state index in [2.05, 4.69) is 22.9 Å². The molecule has 2 heterocycles. The molecule has 9 heteroatoms. The molecule has 2 atom stereocenters. The molecule has 0 bridgehead atoms. The molecule has 0 radical (unpaired) electrons. The second-order valence-corrected chi connectivity index (χ2v) is 10.4. The number of benzene rings is 2. The molecule has 0 saturated carbocycles. The molecule has 4 aromatic rings. The minimum absolute atomic E-state index is 0.00925. The summed E-state index contributed by atoms with van der Waals surface area (Å²) < 4.78 is 15.6. The van der Waals surface area contributed by atoms with Gasteiger partial charge in [0.15, 0.2) is 11.5 Å². The van der Waals surface area contributed by atoms with Crippen molar-refractivity contribution in [3.8, 4) is 12.8 Å². The number of nitrogens with two attached hydrogens (primary N) is 1. The van der Waals surface area contributed by atoms with Crippen LogP contribution in [-0.4, -0.2) is 48.6 Å². The first-order valence-corrected chi connectivity index (χ1v) is 13.5. The van der Waals surface area contributed by atoms with E-state index in [1.807, 2.05) is 39.8 Å². The molecule has 0 saturated heterocycles. The zero-order chi connectivity index (χ0) is 29.8. The lowest BCUT2D eigenvalue weighted by molar-refractivity contribution is 0.0283. The fourth-order valence-electron chi connectivity index (χ4n) is 4.89. The van der Waals surface area contributed by atoms with Crippen molar-refractivity contribution in [2.45, 2.75) is 77.9 Å². The highest BCUT2D eigenvalue weighted by Gasteiger charge is 2.26. The topological polar surface area (TPSA) is 110 Å². The molecule has 40 heavy (non-hydrogen) atoms. The van der Waals surface area contributed by atoms with E-state index in [0.29, 0.717) is 46.3 Å². The van der Waals surface area contributed by atoms with E-state index in [4.69, 9.17) is 10.7 Å². The molecule has 0 fully saturated rings. The van der Waals surface area contributed by atoms with Gasteiger partial charge in [0.1, 0.15) is 5.82 Å². The van der Waals surface area contributed by atoms with E-state index in [0.717, 1.165) is 18.4 Å². The summed E-state index contributed by atoms with van der Waals surface area (Å²) in [4.78, 5) is 24.0. The quantitative estimate of drug-likeness (QED) is 0.264. The smallest absolute Gasteiger partial charge is 0.253 e. The molecule has 2 aromatic carbocycles. The van der Waals surface area contributed by atoms with E-state index >= 15 is 0 Å². The molecule has 0 aliphatic carbocycles. The number of nitrogens with zero attached hydrogens (tertiary/aromatic N) is 5. The number of aryl methyl sites for hydroxylation is 1. The molecular weight excluding hydrogens is 507 g/mol. The van der Waals surface area contributed by atoms with Gasteiger partial charge in [-0.05, 0) is 74.9 Å². The molecule has 212 valence electrons. The van der Waals surface area contributed by atoms with E-state index < -0.39 is 5.60 Å². The number of aliphatic hydroxyl groups is 1. The maximum atomic E-state index is 14.1. The van der Waals surface area contributed by atoms with E-state index in [-0.39, 0.29) is 29.6 Å². The number of hydrogen-bond acceptors (Lipinski definition) is 6. The van der Waals surface area contributed by atoms with E-state index in [9.17, 15) is 14.3 Å². The lowest BCUT2D eigenvalue weighted by Gasteiger charge is -2.27. The van der Waals surface area contributed by atoms with Crippen LogP contribution in [0.4, 0.5) is 10.3 Å². The van der Waals surface area contributed by atoms with E-state index in [1.165, 1.54) is 16.6 Å². The molecule has 0 spiro atoms. The number of halogens is 1. The van der Waals surface area contributed by atoms with Crippen LogP contribution in [0.3, 0.4) is 0 Å². The Morgan fingerprint density at radius 2 is 1.75 bits per heavy atom. The Labute approximate surface area is 235 Å². The van der Waals surface area contributed by atoms with Gasteiger partial charge >= 0.3 is 0 Å². The summed E-state index contributed by atoms with van der Waals surface area (Å²) in [5.41, 5.74) is 8.46. The van der Waals surface area contributed by atoms with Gasteiger partial charge in [-0.3, -0.25) is 4.79 Å². The van der Waals surface area contributed by atoms with Gasteiger partial charge in [-0.15, -0.1) is 17.9 Å². The zero-order valence-electron chi connectivity index (χ0n) is 24.1. The monoisotopic (exact) mass is 546 g/mol. The van der Waals surface area contributed by atoms with Crippen LogP contribution < -0.4 is 5.73 Å². The van der Waals surface area contributed by atoms with Crippen LogP contribution in [0.2, 0.25) is 0 Å². The van der Waals surface area contributed by atoms with E-state index in [1.54, 1.807) is 31.0 Å². The number of rotatable bonds is 9. The molecule has 2 aromatic heterocycles. The predicted molar refractivity (Wildman–Crippen MR) is 157 cm³/mol. The molecule has 3 N–H and O–H groups in total. The summed E-state index contributed by atoms with van der Waals surface area (Å²) in [5.74, 6) is 0.369. The summed E-state index contributed by atoms with van der Waals surface area (Å²) in [5, 5.41) is 15.9. The van der Waals surface area contributed by atoms with Crippen LogP contribution in [-0.2, 0) is 5.60 Å². The van der Waals surface area contributed by atoms with Gasteiger partial charge in [0, 0.05) is 30.0 Å². The van der Waals surface area contributed by atoms with Crippen molar-refractivity contribution in [2.24, 2.45) is 0 Å². The Morgan fingerprint density at radius 1 is 1.12 bits per heavy atom. The molecule has 1 unspecified atom stereocenters. The first-order chi connectivity index (χ1) is 19.0. The molecule has 0 aliphatic rings. The van der Waals surface area contributed by atoms with Crippen molar-refractivity contribution < 1.29 is 14.3 Å². The summed E-state index contributed by atoms with van der Waals surface area (Å²) in [7, 11) is 1.80.